The molecule has 2 N–H and O–H groups in total. The number of ether oxygens (including phenoxy) is 1. The Morgan fingerprint density at radius 1 is 1.53 bits per heavy atom. The van der Waals surface area contributed by atoms with E-state index in [0.717, 1.165) is 0 Å². The average Bonchev–Trinajstić information content (AvgIpc) is 2.97. The van der Waals surface area contributed by atoms with Crippen molar-refractivity contribution in [1.29, 1.82) is 0 Å². The highest BCUT2D eigenvalue weighted by Gasteiger charge is 2.39. The van der Waals surface area contributed by atoms with Gasteiger partial charge in [-0.25, -0.2) is 0 Å². The zero-order chi connectivity index (χ0) is 13.9. The Hall–Kier alpha value is -1.47. The molecule has 1 saturated heterocycles. The van der Waals surface area contributed by atoms with Gasteiger partial charge >= 0.3 is 5.97 Å². The van der Waals surface area contributed by atoms with Gasteiger partial charge in [0, 0.05) is 6.61 Å². The average molecular weight is 285 g/mol. The van der Waals surface area contributed by atoms with Gasteiger partial charge in [0.25, 0.3) is 5.91 Å². The molecule has 2 rings (SSSR count). The van der Waals surface area contributed by atoms with E-state index in [2.05, 4.69) is 5.32 Å². The molecule has 7 heteroatoms. The summed E-state index contributed by atoms with van der Waals surface area (Å²) in [5.41, 5.74) is -0.838. The van der Waals surface area contributed by atoms with Crippen molar-refractivity contribution in [1.82, 2.24) is 5.32 Å². The molecule has 0 radical (unpaired) electrons. The Labute approximate surface area is 114 Å². The van der Waals surface area contributed by atoms with Gasteiger partial charge in [0.1, 0.15) is 0 Å². The van der Waals surface area contributed by atoms with Crippen molar-refractivity contribution >= 4 is 23.6 Å². The van der Waals surface area contributed by atoms with E-state index in [-0.39, 0.29) is 18.8 Å². The van der Waals surface area contributed by atoms with E-state index in [9.17, 15) is 9.59 Å². The molecule has 1 aromatic heterocycles. The van der Waals surface area contributed by atoms with Crippen molar-refractivity contribution in [2.45, 2.75) is 23.5 Å². The van der Waals surface area contributed by atoms with Crippen molar-refractivity contribution in [3.05, 3.63) is 17.9 Å². The van der Waals surface area contributed by atoms with Crippen LogP contribution in [0.2, 0.25) is 0 Å². The van der Waals surface area contributed by atoms with Crippen LogP contribution >= 0.6 is 11.8 Å². The lowest BCUT2D eigenvalue weighted by Crippen LogP contribution is -2.50. The summed E-state index contributed by atoms with van der Waals surface area (Å²) in [6, 6.07) is 3.28. The molecule has 0 bridgehead atoms. The SMILES string of the molecule is CSc1ccc(C(=O)NC2(CC(=O)O)CCOC2)o1. The number of carbonyl (C=O) groups is 2. The minimum absolute atomic E-state index is 0.158. The van der Waals surface area contributed by atoms with Crippen LogP contribution in [-0.4, -0.2) is 42.0 Å². The van der Waals surface area contributed by atoms with Crippen molar-refractivity contribution in [3.63, 3.8) is 0 Å². The second kappa shape index (κ2) is 5.66. The minimum atomic E-state index is -0.963. The van der Waals surface area contributed by atoms with Gasteiger partial charge in [-0.05, 0) is 24.8 Å². The van der Waals surface area contributed by atoms with E-state index in [4.69, 9.17) is 14.3 Å². The van der Waals surface area contributed by atoms with Crippen LogP contribution in [-0.2, 0) is 9.53 Å². The highest BCUT2D eigenvalue weighted by molar-refractivity contribution is 7.98. The van der Waals surface area contributed by atoms with Crippen molar-refractivity contribution in [3.8, 4) is 0 Å². The molecule has 0 spiro atoms. The first kappa shape index (κ1) is 14.0. The van der Waals surface area contributed by atoms with E-state index < -0.39 is 17.4 Å². The Morgan fingerprint density at radius 2 is 2.32 bits per heavy atom. The molecule has 6 nitrogen and oxygen atoms in total. The number of amides is 1. The van der Waals surface area contributed by atoms with E-state index in [1.807, 2.05) is 6.26 Å². The molecule has 1 fully saturated rings. The number of carboxylic acids is 1. The zero-order valence-electron chi connectivity index (χ0n) is 10.5. The fourth-order valence-electron chi connectivity index (χ4n) is 2.03. The maximum Gasteiger partial charge on any atom is 0.305 e. The smallest absolute Gasteiger partial charge is 0.305 e. The van der Waals surface area contributed by atoms with Crippen LogP contribution in [0, 0.1) is 0 Å². The van der Waals surface area contributed by atoms with Gasteiger partial charge in [0.05, 0.1) is 18.6 Å². The van der Waals surface area contributed by atoms with Gasteiger partial charge in [-0.2, -0.15) is 0 Å². The van der Waals surface area contributed by atoms with Gasteiger partial charge in [-0.1, -0.05) is 11.8 Å². The molecule has 1 aliphatic rings. The van der Waals surface area contributed by atoms with Crippen molar-refractivity contribution in [2.75, 3.05) is 19.5 Å². The van der Waals surface area contributed by atoms with Gasteiger partial charge in [0.2, 0.25) is 0 Å². The standard InChI is InChI=1S/C12H15NO5S/c1-19-10-3-2-8(18-10)11(16)13-12(6-9(14)15)4-5-17-7-12/h2-3H,4-7H2,1H3,(H,13,16)(H,14,15). The monoisotopic (exact) mass is 285 g/mol. The molecule has 1 amide bonds. The summed E-state index contributed by atoms with van der Waals surface area (Å²) in [6.07, 6.45) is 2.17. The maximum atomic E-state index is 12.1. The second-order valence-electron chi connectivity index (χ2n) is 4.43. The highest BCUT2D eigenvalue weighted by Crippen LogP contribution is 2.24. The summed E-state index contributed by atoms with van der Waals surface area (Å²) < 4.78 is 10.5. The molecular formula is C12H15NO5S. The van der Waals surface area contributed by atoms with Crippen molar-refractivity contribution in [2.24, 2.45) is 0 Å². The lowest BCUT2D eigenvalue weighted by molar-refractivity contribution is -0.138. The van der Waals surface area contributed by atoms with Crippen LogP contribution in [0.15, 0.2) is 21.6 Å². The third kappa shape index (κ3) is 3.30. The summed E-state index contributed by atoms with van der Waals surface area (Å²) in [5.74, 6) is -1.19. The zero-order valence-corrected chi connectivity index (χ0v) is 11.3. The first-order chi connectivity index (χ1) is 9.04. The molecule has 19 heavy (non-hydrogen) atoms. The first-order valence-electron chi connectivity index (χ1n) is 5.80. The summed E-state index contributed by atoms with van der Waals surface area (Å²) in [4.78, 5) is 22.9. The topological polar surface area (TPSA) is 88.8 Å². The number of rotatable bonds is 5. The van der Waals surface area contributed by atoms with Crippen LogP contribution in [0.5, 0.6) is 0 Å². The van der Waals surface area contributed by atoms with Gasteiger partial charge in [-0.3, -0.25) is 9.59 Å². The number of hydrogen-bond donors (Lipinski definition) is 2. The molecule has 0 aromatic carbocycles. The summed E-state index contributed by atoms with van der Waals surface area (Å²) in [7, 11) is 0. The lowest BCUT2D eigenvalue weighted by Gasteiger charge is -2.26. The van der Waals surface area contributed by atoms with Gasteiger partial charge in [-0.15, -0.1) is 0 Å². The fraction of sp³-hybridized carbons (Fsp3) is 0.500. The first-order valence-corrected chi connectivity index (χ1v) is 7.03. The van der Waals surface area contributed by atoms with Crippen molar-refractivity contribution < 1.29 is 23.8 Å². The fourth-order valence-corrected chi connectivity index (χ4v) is 2.41. The van der Waals surface area contributed by atoms with Gasteiger partial charge in [0.15, 0.2) is 10.9 Å². The number of nitrogens with one attached hydrogen (secondary N) is 1. The van der Waals surface area contributed by atoms with Crippen LogP contribution in [0.1, 0.15) is 23.4 Å². The van der Waals surface area contributed by atoms with Gasteiger partial charge < -0.3 is 19.6 Å². The van der Waals surface area contributed by atoms with E-state index in [0.29, 0.717) is 18.1 Å². The number of thioether (sulfide) groups is 1. The molecule has 1 aromatic rings. The second-order valence-corrected chi connectivity index (χ2v) is 5.24. The minimum Gasteiger partial charge on any atom is -0.481 e. The number of hydrogen-bond acceptors (Lipinski definition) is 5. The Kier molecular flexibility index (Phi) is 4.16. The Bertz CT molecular complexity index is 478. The molecule has 1 unspecified atom stereocenters. The quantitative estimate of drug-likeness (QED) is 0.794. The highest BCUT2D eigenvalue weighted by atomic mass is 32.2. The largest absolute Gasteiger partial charge is 0.481 e. The summed E-state index contributed by atoms with van der Waals surface area (Å²) in [5, 5.41) is 12.3. The van der Waals surface area contributed by atoms with Crippen LogP contribution in [0.3, 0.4) is 0 Å². The third-order valence-corrected chi connectivity index (χ3v) is 3.60. The lowest BCUT2D eigenvalue weighted by atomic mass is 9.94. The van der Waals surface area contributed by atoms with E-state index >= 15 is 0 Å². The van der Waals surface area contributed by atoms with Crippen LogP contribution in [0.4, 0.5) is 0 Å². The molecule has 0 saturated carbocycles. The molecular weight excluding hydrogens is 270 g/mol. The number of furan rings is 1. The number of carboxylic acid groups (broad SMARTS) is 1. The molecule has 2 heterocycles. The maximum absolute atomic E-state index is 12.1. The number of aliphatic carboxylic acids is 1. The molecule has 104 valence electrons. The van der Waals surface area contributed by atoms with E-state index in [1.54, 1.807) is 12.1 Å². The number of carbonyl (C=O) groups excluding carboxylic acids is 1. The van der Waals surface area contributed by atoms with E-state index in [1.165, 1.54) is 11.8 Å². The predicted octanol–water partition coefficient (Wildman–Crippen LogP) is 1.37. The molecule has 1 aliphatic heterocycles. The third-order valence-electron chi connectivity index (χ3n) is 2.98. The Morgan fingerprint density at radius 3 is 2.84 bits per heavy atom. The van der Waals surface area contributed by atoms with Crippen LogP contribution in [0.25, 0.3) is 0 Å². The Balaban J connectivity index is 2.08. The summed E-state index contributed by atoms with van der Waals surface area (Å²) in [6.45, 7) is 0.656. The molecule has 1 atom stereocenters. The molecule has 0 aliphatic carbocycles. The van der Waals surface area contributed by atoms with Crippen LogP contribution < -0.4 is 5.32 Å². The predicted molar refractivity (Wildman–Crippen MR) is 68.4 cm³/mol. The normalized spacial score (nSPS) is 22.4. The summed E-state index contributed by atoms with van der Waals surface area (Å²) >= 11 is 1.39.